The van der Waals surface area contributed by atoms with E-state index in [4.69, 9.17) is 5.73 Å². The van der Waals surface area contributed by atoms with Gasteiger partial charge in [0.15, 0.2) is 5.65 Å². The fourth-order valence-corrected chi connectivity index (χ4v) is 1.64. The Morgan fingerprint density at radius 1 is 1.35 bits per heavy atom. The molecule has 0 aliphatic heterocycles. The van der Waals surface area contributed by atoms with Crippen molar-refractivity contribution in [3.63, 3.8) is 0 Å². The summed E-state index contributed by atoms with van der Waals surface area (Å²) in [5.74, 6) is 0. The summed E-state index contributed by atoms with van der Waals surface area (Å²) in [4.78, 5) is 19.8. The Bertz CT molecular complexity index is 728. The quantitative estimate of drug-likeness (QED) is 0.639. The Kier molecular flexibility index (Phi) is 1.94. The molecule has 0 spiro atoms. The standard InChI is InChI=1S/C11H9N5O/c12-8-6-14-10-4-9(15-16(10)11(8)17)7-2-1-3-13-5-7/h1-6,15H,12H2. The van der Waals surface area contributed by atoms with Crippen LogP contribution in [0.2, 0.25) is 0 Å². The SMILES string of the molecule is Nc1cnc2cc(-c3cccnc3)[nH]n2c1=O. The van der Waals surface area contributed by atoms with Crippen LogP contribution in [0.25, 0.3) is 16.9 Å². The number of nitrogens with two attached hydrogens (primary N) is 1. The zero-order valence-electron chi connectivity index (χ0n) is 8.79. The molecule has 0 saturated carbocycles. The van der Waals surface area contributed by atoms with E-state index in [1.807, 2.05) is 12.1 Å². The van der Waals surface area contributed by atoms with Gasteiger partial charge in [-0.2, -0.15) is 4.52 Å². The number of nitrogen functional groups attached to an aromatic ring is 1. The van der Waals surface area contributed by atoms with Gasteiger partial charge < -0.3 is 5.73 Å². The third-order valence-electron chi connectivity index (χ3n) is 2.49. The van der Waals surface area contributed by atoms with E-state index in [9.17, 15) is 4.79 Å². The normalized spacial score (nSPS) is 10.8. The highest BCUT2D eigenvalue weighted by molar-refractivity contribution is 5.63. The maximum absolute atomic E-state index is 11.7. The van der Waals surface area contributed by atoms with Gasteiger partial charge in [-0.05, 0) is 12.1 Å². The van der Waals surface area contributed by atoms with E-state index in [-0.39, 0.29) is 11.2 Å². The van der Waals surface area contributed by atoms with Crippen molar-refractivity contribution in [1.29, 1.82) is 0 Å². The van der Waals surface area contributed by atoms with E-state index in [1.165, 1.54) is 10.7 Å². The summed E-state index contributed by atoms with van der Waals surface area (Å²) in [6, 6.07) is 5.50. The average molecular weight is 227 g/mol. The van der Waals surface area contributed by atoms with Crippen molar-refractivity contribution in [3.8, 4) is 11.3 Å². The van der Waals surface area contributed by atoms with Crippen LogP contribution in [0.15, 0.2) is 41.6 Å². The van der Waals surface area contributed by atoms with Crippen molar-refractivity contribution in [2.45, 2.75) is 0 Å². The molecular weight excluding hydrogens is 218 g/mol. The highest BCUT2D eigenvalue weighted by atomic mass is 16.1. The first-order valence-electron chi connectivity index (χ1n) is 5.02. The van der Waals surface area contributed by atoms with Crippen molar-refractivity contribution in [2.75, 3.05) is 5.73 Å². The molecule has 0 aromatic carbocycles. The number of nitrogens with one attached hydrogen (secondary N) is 1. The molecule has 0 saturated heterocycles. The molecule has 3 aromatic rings. The summed E-state index contributed by atoms with van der Waals surface area (Å²) in [5.41, 5.74) is 7.51. The Morgan fingerprint density at radius 2 is 2.24 bits per heavy atom. The third-order valence-corrected chi connectivity index (χ3v) is 2.49. The zero-order chi connectivity index (χ0) is 11.8. The summed E-state index contributed by atoms with van der Waals surface area (Å²) in [6.45, 7) is 0. The van der Waals surface area contributed by atoms with Crippen LogP contribution in [-0.4, -0.2) is 19.6 Å². The second-order valence-electron chi connectivity index (χ2n) is 3.62. The number of aromatic nitrogens is 4. The summed E-state index contributed by atoms with van der Waals surface area (Å²) in [5, 5.41) is 2.94. The minimum atomic E-state index is -0.301. The summed E-state index contributed by atoms with van der Waals surface area (Å²) >= 11 is 0. The maximum Gasteiger partial charge on any atom is 0.295 e. The molecule has 0 fully saturated rings. The van der Waals surface area contributed by atoms with Gasteiger partial charge in [0.2, 0.25) is 0 Å². The molecular formula is C11H9N5O. The first-order chi connectivity index (χ1) is 8.25. The zero-order valence-corrected chi connectivity index (χ0v) is 8.79. The number of fused-ring (bicyclic) bond motifs is 1. The van der Waals surface area contributed by atoms with Crippen LogP contribution in [0.5, 0.6) is 0 Å². The first kappa shape index (κ1) is 9.59. The van der Waals surface area contributed by atoms with Crippen molar-refractivity contribution in [2.24, 2.45) is 0 Å². The number of hydrogen-bond acceptors (Lipinski definition) is 4. The summed E-state index contributed by atoms with van der Waals surface area (Å²) in [6.07, 6.45) is 4.76. The molecule has 6 nitrogen and oxygen atoms in total. The van der Waals surface area contributed by atoms with E-state index < -0.39 is 0 Å². The van der Waals surface area contributed by atoms with Gasteiger partial charge >= 0.3 is 0 Å². The number of aromatic amines is 1. The van der Waals surface area contributed by atoms with Crippen molar-refractivity contribution < 1.29 is 0 Å². The largest absolute Gasteiger partial charge is 0.393 e. The lowest BCUT2D eigenvalue weighted by molar-refractivity contribution is 0.906. The maximum atomic E-state index is 11.7. The number of nitrogens with zero attached hydrogens (tertiary/aromatic N) is 3. The molecule has 3 rings (SSSR count). The predicted molar refractivity (Wildman–Crippen MR) is 63.5 cm³/mol. The molecule has 0 aliphatic rings. The topological polar surface area (TPSA) is 89.1 Å². The van der Waals surface area contributed by atoms with E-state index in [0.29, 0.717) is 5.65 Å². The van der Waals surface area contributed by atoms with Gasteiger partial charge in [0.05, 0.1) is 11.9 Å². The highest BCUT2D eigenvalue weighted by Crippen LogP contribution is 2.16. The number of pyridine rings is 1. The van der Waals surface area contributed by atoms with Crippen LogP contribution < -0.4 is 11.3 Å². The molecule has 3 heterocycles. The van der Waals surface area contributed by atoms with Crippen LogP contribution in [0.3, 0.4) is 0 Å². The fraction of sp³-hybridized carbons (Fsp3) is 0. The number of rotatable bonds is 1. The number of anilines is 1. The Morgan fingerprint density at radius 3 is 3.00 bits per heavy atom. The third kappa shape index (κ3) is 1.46. The molecule has 0 atom stereocenters. The van der Waals surface area contributed by atoms with Crippen molar-refractivity contribution >= 4 is 11.3 Å². The molecule has 84 valence electrons. The van der Waals surface area contributed by atoms with Crippen LogP contribution in [0, 0.1) is 0 Å². The van der Waals surface area contributed by atoms with Crippen LogP contribution in [0.4, 0.5) is 5.69 Å². The van der Waals surface area contributed by atoms with E-state index in [0.717, 1.165) is 11.3 Å². The molecule has 17 heavy (non-hydrogen) atoms. The average Bonchev–Trinajstić information content (AvgIpc) is 2.80. The minimum absolute atomic E-state index is 0.113. The van der Waals surface area contributed by atoms with Gasteiger partial charge in [0.25, 0.3) is 5.56 Å². The smallest absolute Gasteiger partial charge is 0.295 e. The fourth-order valence-electron chi connectivity index (χ4n) is 1.64. The second kappa shape index (κ2) is 3.44. The lowest BCUT2D eigenvalue weighted by Gasteiger charge is -1.95. The van der Waals surface area contributed by atoms with Crippen LogP contribution in [-0.2, 0) is 0 Å². The predicted octanol–water partition coefficient (Wildman–Crippen LogP) is 0.667. The van der Waals surface area contributed by atoms with Crippen LogP contribution in [0.1, 0.15) is 0 Å². The number of H-pyrrole nitrogens is 1. The van der Waals surface area contributed by atoms with Gasteiger partial charge in [-0.25, -0.2) is 4.98 Å². The molecule has 0 bridgehead atoms. The Labute approximate surface area is 95.7 Å². The van der Waals surface area contributed by atoms with E-state index >= 15 is 0 Å². The van der Waals surface area contributed by atoms with E-state index in [1.54, 1.807) is 18.5 Å². The van der Waals surface area contributed by atoms with Crippen molar-refractivity contribution in [3.05, 3.63) is 47.1 Å². The Hall–Kier alpha value is -2.63. The molecule has 0 radical (unpaired) electrons. The molecule has 3 aromatic heterocycles. The highest BCUT2D eigenvalue weighted by Gasteiger charge is 2.07. The number of hydrogen-bond donors (Lipinski definition) is 2. The lowest BCUT2D eigenvalue weighted by Crippen LogP contribution is -2.18. The monoisotopic (exact) mass is 227 g/mol. The Balaban J connectivity index is 2.28. The molecule has 0 amide bonds. The summed E-state index contributed by atoms with van der Waals surface area (Å²) < 4.78 is 1.32. The molecule has 0 aliphatic carbocycles. The van der Waals surface area contributed by atoms with Gasteiger partial charge in [-0.15, -0.1) is 0 Å². The summed E-state index contributed by atoms with van der Waals surface area (Å²) in [7, 11) is 0. The molecule has 0 unspecified atom stereocenters. The minimum Gasteiger partial charge on any atom is -0.393 e. The molecule has 6 heteroatoms. The van der Waals surface area contributed by atoms with Crippen LogP contribution >= 0.6 is 0 Å². The van der Waals surface area contributed by atoms with Gasteiger partial charge in [-0.3, -0.25) is 14.9 Å². The van der Waals surface area contributed by atoms with Crippen molar-refractivity contribution in [1.82, 2.24) is 19.6 Å². The molecule has 3 N–H and O–H groups in total. The second-order valence-corrected chi connectivity index (χ2v) is 3.62. The lowest BCUT2D eigenvalue weighted by atomic mass is 10.2. The van der Waals surface area contributed by atoms with Gasteiger partial charge in [0, 0.05) is 24.0 Å². The first-order valence-corrected chi connectivity index (χ1v) is 5.02. The van der Waals surface area contributed by atoms with E-state index in [2.05, 4.69) is 15.1 Å². The van der Waals surface area contributed by atoms with Gasteiger partial charge in [0.1, 0.15) is 5.69 Å². The van der Waals surface area contributed by atoms with Gasteiger partial charge in [-0.1, -0.05) is 0 Å².